The van der Waals surface area contributed by atoms with Crippen LogP contribution in [-0.4, -0.2) is 42.7 Å². The Hall–Kier alpha value is -3.40. The first-order chi connectivity index (χ1) is 15.1. The Morgan fingerprint density at radius 2 is 1.47 bits per heavy atom. The summed E-state index contributed by atoms with van der Waals surface area (Å²) < 4.78 is 46.6. The monoisotopic (exact) mass is 452 g/mol. The Morgan fingerprint density at radius 1 is 0.906 bits per heavy atom. The molecule has 3 N–H and O–H groups in total. The normalized spacial score (nSPS) is 13.0. The number of rotatable bonds is 10. The maximum absolute atomic E-state index is 12.4. The van der Waals surface area contributed by atoms with Gasteiger partial charge in [-0.15, -0.1) is 0 Å². The second-order valence-corrected chi connectivity index (χ2v) is 6.95. The van der Waals surface area contributed by atoms with Crippen LogP contribution in [0.25, 0.3) is 0 Å². The van der Waals surface area contributed by atoms with Crippen molar-refractivity contribution in [2.24, 2.45) is 5.73 Å². The van der Waals surface area contributed by atoms with Crippen LogP contribution in [0.3, 0.4) is 0 Å². The predicted octanol–water partition coefficient (Wildman–Crippen LogP) is 2.28. The van der Waals surface area contributed by atoms with Crippen molar-refractivity contribution in [3.8, 4) is 0 Å². The van der Waals surface area contributed by atoms with E-state index in [1.54, 1.807) is 54.6 Å². The number of amides is 1. The van der Waals surface area contributed by atoms with Crippen molar-refractivity contribution < 1.29 is 37.0 Å². The van der Waals surface area contributed by atoms with Gasteiger partial charge in [-0.2, -0.15) is 13.2 Å². The Morgan fingerprint density at radius 3 is 2.03 bits per heavy atom. The average molecular weight is 452 g/mol. The third kappa shape index (κ3) is 8.76. The van der Waals surface area contributed by atoms with Gasteiger partial charge < -0.3 is 20.5 Å². The van der Waals surface area contributed by atoms with E-state index in [0.717, 1.165) is 5.56 Å². The van der Waals surface area contributed by atoms with E-state index in [2.05, 4.69) is 10.1 Å². The van der Waals surface area contributed by atoms with Crippen LogP contribution in [0.15, 0.2) is 60.7 Å². The number of nitrogens with two attached hydrogens (primary N) is 1. The molecule has 0 radical (unpaired) electrons. The van der Waals surface area contributed by atoms with Crippen molar-refractivity contribution in [1.29, 1.82) is 0 Å². The molecule has 0 aromatic heterocycles. The van der Waals surface area contributed by atoms with Crippen LogP contribution in [0.5, 0.6) is 0 Å². The summed E-state index contributed by atoms with van der Waals surface area (Å²) in [6.07, 6.45) is -5.50. The quantitative estimate of drug-likeness (QED) is 0.536. The highest BCUT2D eigenvalue weighted by Gasteiger charge is 2.41. The molecule has 32 heavy (non-hydrogen) atoms. The molecular weight excluding hydrogens is 429 g/mol. The molecule has 0 aliphatic heterocycles. The maximum Gasteiger partial charge on any atom is 0.490 e. The van der Waals surface area contributed by atoms with Crippen LogP contribution in [0.1, 0.15) is 17.5 Å². The van der Waals surface area contributed by atoms with Crippen LogP contribution in [0.4, 0.5) is 13.2 Å². The van der Waals surface area contributed by atoms with Gasteiger partial charge in [0.2, 0.25) is 5.91 Å². The van der Waals surface area contributed by atoms with Crippen molar-refractivity contribution in [3.05, 3.63) is 71.8 Å². The van der Waals surface area contributed by atoms with E-state index in [1.165, 1.54) is 0 Å². The van der Waals surface area contributed by atoms with E-state index in [9.17, 15) is 27.6 Å². The van der Waals surface area contributed by atoms with Crippen LogP contribution in [0, 0.1) is 0 Å². The standard InChI is InChI=1S/C22H23F3N2O5/c23-22(24,25)21(30)32-14-17(11-15-7-3-1-4-8-15)27-20(29)18(26)12-19(28)31-13-16-9-5-2-6-10-16/h1-10,17-18H,11-14,26H2,(H,27,29)/t17-,18+/m0/s1. The Labute approximate surface area is 182 Å². The molecule has 0 heterocycles. The topological polar surface area (TPSA) is 108 Å². The average Bonchev–Trinajstić information content (AvgIpc) is 2.76. The SMILES string of the molecule is N[C@H](CC(=O)OCc1ccccc1)C(=O)N[C@H](COC(=O)C(F)(F)F)Cc1ccccc1. The van der Waals surface area contributed by atoms with Gasteiger partial charge in [0, 0.05) is 0 Å². The van der Waals surface area contributed by atoms with Crippen LogP contribution in [0.2, 0.25) is 0 Å². The number of ether oxygens (including phenoxy) is 2. The fourth-order valence-corrected chi connectivity index (χ4v) is 2.69. The number of alkyl halides is 3. The van der Waals surface area contributed by atoms with Crippen LogP contribution < -0.4 is 11.1 Å². The molecule has 0 saturated carbocycles. The highest BCUT2D eigenvalue weighted by Crippen LogP contribution is 2.17. The van der Waals surface area contributed by atoms with Crippen molar-refractivity contribution in [2.75, 3.05) is 6.61 Å². The van der Waals surface area contributed by atoms with Crippen LogP contribution >= 0.6 is 0 Å². The minimum Gasteiger partial charge on any atom is -0.461 e. The number of hydrogen-bond acceptors (Lipinski definition) is 6. The number of nitrogens with one attached hydrogen (secondary N) is 1. The van der Waals surface area contributed by atoms with Crippen molar-refractivity contribution in [2.45, 2.75) is 37.7 Å². The lowest BCUT2D eigenvalue weighted by molar-refractivity contribution is -0.200. The predicted molar refractivity (Wildman–Crippen MR) is 108 cm³/mol. The van der Waals surface area contributed by atoms with Gasteiger partial charge in [-0.3, -0.25) is 9.59 Å². The molecule has 172 valence electrons. The molecule has 0 fully saturated rings. The molecule has 2 rings (SSSR count). The summed E-state index contributed by atoms with van der Waals surface area (Å²) in [5, 5.41) is 2.43. The zero-order valence-corrected chi connectivity index (χ0v) is 17.0. The number of carbonyl (C=O) groups is 3. The van der Waals surface area contributed by atoms with E-state index in [0.29, 0.717) is 5.56 Å². The molecule has 0 saturated heterocycles. The highest BCUT2D eigenvalue weighted by molar-refractivity contribution is 5.86. The molecule has 2 aromatic rings. The fourth-order valence-electron chi connectivity index (χ4n) is 2.69. The fraction of sp³-hybridized carbons (Fsp3) is 0.318. The van der Waals surface area contributed by atoms with E-state index in [-0.39, 0.29) is 13.0 Å². The summed E-state index contributed by atoms with van der Waals surface area (Å²) >= 11 is 0. The van der Waals surface area contributed by atoms with E-state index in [1.807, 2.05) is 6.07 Å². The number of halogens is 3. The van der Waals surface area contributed by atoms with Crippen molar-refractivity contribution in [3.63, 3.8) is 0 Å². The lowest BCUT2D eigenvalue weighted by Gasteiger charge is -2.21. The second kappa shape index (κ2) is 11.8. The van der Waals surface area contributed by atoms with Gasteiger partial charge in [-0.25, -0.2) is 4.79 Å². The summed E-state index contributed by atoms with van der Waals surface area (Å²) in [6, 6.07) is 15.2. The summed E-state index contributed by atoms with van der Waals surface area (Å²) in [5.41, 5.74) is 7.20. The third-order valence-corrected chi connectivity index (χ3v) is 4.28. The summed E-state index contributed by atoms with van der Waals surface area (Å²) in [4.78, 5) is 35.4. The zero-order chi connectivity index (χ0) is 23.6. The number of esters is 2. The van der Waals surface area contributed by atoms with Crippen molar-refractivity contribution in [1.82, 2.24) is 5.32 Å². The first kappa shape index (κ1) is 24.9. The molecule has 1 amide bonds. The number of carbonyl (C=O) groups excluding carboxylic acids is 3. The first-order valence-corrected chi connectivity index (χ1v) is 9.68. The molecule has 0 spiro atoms. The molecule has 0 aliphatic rings. The molecule has 0 unspecified atom stereocenters. The van der Waals surface area contributed by atoms with Gasteiger partial charge in [0.1, 0.15) is 13.2 Å². The van der Waals surface area contributed by atoms with E-state index < -0.39 is 49.1 Å². The smallest absolute Gasteiger partial charge is 0.461 e. The van der Waals surface area contributed by atoms with E-state index >= 15 is 0 Å². The second-order valence-electron chi connectivity index (χ2n) is 6.95. The zero-order valence-electron chi connectivity index (χ0n) is 17.0. The number of benzene rings is 2. The van der Waals surface area contributed by atoms with Gasteiger partial charge in [0.25, 0.3) is 0 Å². The molecule has 0 aliphatic carbocycles. The first-order valence-electron chi connectivity index (χ1n) is 9.68. The minimum absolute atomic E-state index is 0.0119. The molecule has 7 nitrogen and oxygen atoms in total. The maximum atomic E-state index is 12.4. The molecule has 0 bridgehead atoms. The highest BCUT2D eigenvalue weighted by atomic mass is 19.4. The Bertz CT molecular complexity index is 891. The van der Waals surface area contributed by atoms with Gasteiger partial charge in [0.05, 0.1) is 18.5 Å². The summed E-state index contributed by atoms with van der Waals surface area (Å²) in [7, 11) is 0. The molecule has 2 atom stereocenters. The summed E-state index contributed by atoms with van der Waals surface area (Å²) in [6.45, 7) is -0.706. The molecular formula is C22H23F3N2O5. The lowest BCUT2D eigenvalue weighted by atomic mass is 10.1. The van der Waals surface area contributed by atoms with Gasteiger partial charge >= 0.3 is 18.1 Å². The van der Waals surface area contributed by atoms with E-state index in [4.69, 9.17) is 10.5 Å². The van der Waals surface area contributed by atoms with Crippen LogP contribution in [-0.2, 0) is 36.9 Å². The lowest BCUT2D eigenvalue weighted by Crippen LogP contribution is -2.49. The van der Waals surface area contributed by atoms with Gasteiger partial charge in [-0.1, -0.05) is 60.7 Å². The third-order valence-electron chi connectivity index (χ3n) is 4.28. The molecule has 10 heteroatoms. The minimum atomic E-state index is -5.15. The Balaban J connectivity index is 1.91. The van der Waals surface area contributed by atoms with Gasteiger partial charge in [0.15, 0.2) is 0 Å². The van der Waals surface area contributed by atoms with Crippen molar-refractivity contribution >= 4 is 17.8 Å². The number of hydrogen-bond donors (Lipinski definition) is 2. The Kier molecular flexibility index (Phi) is 9.21. The largest absolute Gasteiger partial charge is 0.490 e. The van der Waals surface area contributed by atoms with Gasteiger partial charge in [-0.05, 0) is 17.5 Å². The molecule has 2 aromatic carbocycles. The summed E-state index contributed by atoms with van der Waals surface area (Å²) in [5.74, 6) is -3.86.